The van der Waals surface area contributed by atoms with E-state index in [2.05, 4.69) is 16.2 Å². The summed E-state index contributed by atoms with van der Waals surface area (Å²) in [6, 6.07) is 1.78. The number of nitrogens with one attached hydrogen (secondary N) is 1. The molecule has 3 aliphatic rings. The van der Waals surface area contributed by atoms with E-state index in [1.807, 2.05) is 11.0 Å². The van der Waals surface area contributed by atoms with Crippen molar-refractivity contribution in [2.24, 2.45) is 22.7 Å². The van der Waals surface area contributed by atoms with Crippen LogP contribution in [0, 0.1) is 30.1 Å². The van der Waals surface area contributed by atoms with E-state index in [-0.39, 0.29) is 47.7 Å². The number of aliphatic carboxylic acids is 2. The third-order valence-corrected chi connectivity index (χ3v) is 7.01. The quantitative estimate of drug-likeness (QED) is 0.254. The van der Waals surface area contributed by atoms with Crippen LogP contribution in [-0.2, 0) is 28.5 Å². The summed E-state index contributed by atoms with van der Waals surface area (Å²) in [5, 5.41) is 18.0. The Balaban J connectivity index is 0.000000482. The van der Waals surface area contributed by atoms with Crippen molar-refractivity contribution in [2.45, 2.75) is 18.9 Å². The van der Waals surface area contributed by atoms with Gasteiger partial charge in [0.05, 0.1) is 16.0 Å². The lowest BCUT2D eigenvalue weighted by molar-refractivity contribution is -0.143. The number of carbonyl (C=O) groups is 3. The Labute approximate surface area is 227 Å². The van der Waals surface area contributed by atoms with Crippen LogP contribution >= 0.6 is 11.8 Å². The van der Waals surface area contributed by atoms with Gasteiger partial charge >= 0.3 is 24.3 Å². The highest BCUT2D eigenvalue weighted by Gasteiger charge is 2.55. The van der Waals surface area contributed by atoms with E-state index in [4.69, 9.17) is 16.6 Å². The molecule has 2 heterocycles. The zero-order chi connectivity index (χ0) is 29.8. The van der Waals surface area contributed by atoms with Gasteiger partial charge in [-0.2, -0.15) is 26.3 Å². The number of halogens is 6. The second-order valence-corrected chi connectivity index (χ2v) is 9.91. The second-order valence-electron chi connectivity index (χ2n) is 8.89. The van der Waals surface area contributed by atoms with Crippen molar-refractivity contribution in [3.8, 4) is 12.3 Å². The lowest BCUT2D eigenvalue weighted by Crippen LogP contribution is -2.26. The molecule has 1 aliphatic carbocycles. The zero-order valence-corrected chi connectivity index (χ0v) is 21.1. The van der Waals surface area contributed by atoms with Crippen LogP contribution in [0.1, 0.15) is 16.7 Å². The van der Waals surface area contributed by atoms with Gasteiger partial charge in [-0.15, -0.1) is 6.42 Å². The Kier molecular flexibility index (Phi) is 9.36. The summed E-state index contributed by atoms with van der Waals surface area (Å²) >= 11 is 1.02. The first-order valence-electron chi connectivity index (χ1n) is 11.4. The van der Waals surface area contributed by atoms with Gasteiger partial charge in [-0.25, -0.2) is 9.59 Å². The van der Waals surface area contributed by atoms with Crippen LogP contribution in [0.5, 0.6) is 0 Å². The van der Waals surface area contributed by atoms with E-state index in [0.717, 1.165) is 17.8 Å². The maximum absolute atomic E-state index is 13.4. The van der Waals surface area contributed by atoms with Crippen molar-refractivity contribution in [2.75, 3.05) is 19.6 Å². The molecule has 0 bridgehead atoms. The molecular weight excluding hydrogens is 568 g/mol. The molecule has 15 heteroatoms. The second kappa shape index (κ2) is 12.2. The van der Waals surface area contributed by atoms with Crippen molar-refractivity contribution in [3.63, 3.8) is 0 Å². The SMILES string of the molecule is C#CCN=C1NC(=O)S/C1=C\C1[C@H]2CN(Cc3ccc(C(F)(F)F)cc3C(F)(F)F)C[C@@H]12.O=C(O)/C=C\C(=O)O. The van der Waals surface area contributed by atoms with Gasteiger partial charge in [-0.1, -0.05) is 18.1 Å². The van der Waals surface area contributed by atoms with Crippen molar-refractivity contribution in [3.05, 3.63) is 58.0 Å². The van der Waals surface area contributed by atoms with E-state index < -0.39 is 35.4 Å². The van der Waals surface area contributed by atoms with Gasteiger partial charge in [0.25, 0.3) is 5.24 Å². The maximum atomic E-state index is 13.4. The molecule has 1 amide bonds. The molecular formula is C25H21F6N3O5S. The van der Waals surface area contributed by atoms with Gasteiger partial charge in [0.2, 0.25) is 0 Å². The predicted octanol–water partition coefficient (Wildman–Crippen LogP) is 4.49. The average Bonchev–Trinajstić information content (AvgIpc) is 3.13. The number of amides is 1. The minimum Gasteiger partial charge on any atom is -0.478 e. The van der Waals surface area contributed by atoms with Crippen LogP contribution in [0.3, 0.4) is 0 Å². The molecule has 0 aromatic heterocycles. The highest BCUT2D eigenvalue weighted by Crippen LogP contribution is 2.54. The number of rotatable bonds is 6. The largest absolute Gasteiger partial charge is 0.478 e. The van der Waals surface area contributed by atoms with Gasteiger partial charge in [-0.05, 0) is 47.2 Å². The van der Waals surface area contributed by atoms with Gasteiger partial charge in [0.1, 0.15) is 12.4 Å². The van der Waals surface area contributed by atoms with E-state index >= 15 is 0 Å². The molecule has 0 radical (unpaired) electrons. The topological polar surface area (TPSA) is 119 Å². The number of alkyl halides is 6. The summed E-state index contributed by atoms with van der Waals surface area (Å²) in [4.78, 5) is 37.4. The number of amidine groups is 1. The molecule has 3 atom stereocenters. The molecule has 40 heavy (non-hydrogen) atoms. The number of carboxylic acids is 2. The number of fused-ring (bicyclic) bond motifs is 1. The fourth-order valence-electron chi connectivity index (χ4n) is 4.44. The smallest absolute Gasteiger partial charge is 0.416 e. The first-order valence-corrected chi connectivity index (χ1v) is 12.2. The standard InChI is InChI=1S/C21H17F6N3OS.C4H4O4/c1-2-5-28-18-17(32-19(31)29-18)7-13-14-9-30(10-15(13)14)8-11-3-4-12(20(22,23)24)6-16(11)21(25,26)27;5-3(6)1-2-4(7)8/h1,3-4,6-7,13-15H,5,8-10H2,(H,28,29,31);1-2H,(H,5,6)(H,7,8)/b17-7-;2-1-/t13?,14-,15+;. The van der Waals surface area contributed by atoms with Crippen molar-refractivity contribution in [1.82, 2.24) is 10.2 Å². The molecule has 3 fully saturated rings. The molecule has 1 saturated carbocycles. The number of nitrogens with zero attached hydrogens (tertiary/aromatic N) is 2. The zero-order valence-electron chi connectivity index (χ0n) is 20.3. The Morgan fingerprint density at radius 1 is 1.10 bits per heavy atom. The van der Waals surface area contributed by atoms with Gasteiger partial charge in [0.15, 0.2) is 0 Å². The fraction of sp³-hybridized carbons (Fsp3) is 0.360. The van der Waals surface area contributed by atoms with E-state index in [1.165, 1.54) is 0 Å². The Bertz CT molecular complexity index is 1290. The average molecular weight is 590 g/mol. The molecule has 0 spiro atoms. The highest BCUT2D eigenvalue weighted by molar-refractivity contribution is 8.18. The summed E-state index contributed by atoms with van der Waals surface area (Å²) in [5.41, 5.74) is -2.75. The van der Waals surface area contributed by atoms with E-state index in [1.54, 1.807) is 0 Å². The number of carbonyl (C=O) groups excluding carboxylic acids is 1. The highest BCUT2D eigenvalue weighted by atomic mass is 32.2. The van der Waals surface area contributed by atoms with Crippen LogP contribution in [0.2, 0.25) is 0 Å². The molecule has 1 aromatic rings. The van der Waals surface area contributed by atoms with E-state index in [9.17, 15) is 40.7 Å². The Hall–Kier alpha value is -3.77. The van der Waals surface area contributed by atoms with Crippen LogP contribution in [0.15, 0.2) is 46.3 Å². The summed E-state index contributed by atoms with van der Waals surface area (Å²) < 4.78 is 78.7. The molecule has 2 saturated heterocycles. The van der Waals surface area contributed by atoms with Gasteiger partial charge in [-0.3, -0.25) is 14.7 Å². The number of aliphatic imine (C=N–C) groups is 1. The monoisotopic (exact) mass is 589 g/mol. The molecule has 1 aromatic carbocycles. The maximum Gasteiger partial charge on any atom is 0.416 e. The number of piperidine rings is 1. The number of terminal acetylenes is 1. The van der Waals surface area contributed by atoms with Crippen molar-refractivity contribution in [1.29, 1.82) is 0 Å². The number of allylic oxidation sites excluding steroid dienone is 1. The molecule has 4 rings (SSSR count). The third kappa shape index (κ3) is 8.12. The summed E-state index contributed by atoms with van der Waals surface area (Å²) in [6.07, 6.45) is -1.46. The lowest BCUT2D eigenvalue weighted by atomic mass is 10.0. The number of hydrogen-bond donors (Lipinski definition) is 3. The predicted molar refractivity (Wildman–Crippen MR) is 132 cm³/mol. The minimum absolute atomic E-state index is 0.0764. The van der Waals surface area contributed by atoms with Gasteiger partial charge < -0.3 is 15.5 Å². The third-order valence-electron chi connectivity index (χ3n) is 6.17. The van der Waals surface area contributed by atoms with Crippen LogP contribution in [-0.4, -0.2) is 57.8 Å². The molecule has 2 aliphatic heterocycles. The normalized spacial score (nSPS) is 24.4. The Morgan fingerprint density at radius 2 is 1.70 bits per heavy atom. The summed E-state index contributed by atoms with van der Waals surface area (Å²) in [6.45, 7) is 1.11. The first-order chi connectivity index (χ1) is 18.6. The van der Waals surface area contributed by atoms with E-state index in [0.29, 0.717) is 42.0 Å². The van der Waals surface area contributed by atoms with Crippen molar-refractivity contribution < 1.29 is 50.9 Å². The van der Waals surface area contributed by atoms with Crippen molar-refractivity contribution >= 4 is 34.8 Å². The first kappa shape index (κ1) is 30.8. The molecule has 8 nitrogen and oxygen atoms in total. The number of thioether (sulfide) groups is 1. The number of carboxylic acid groups (broad SMARTS) is 2. The minimum atomic E-state index is -4.88. The molecule has 1 unspecified atom stereocenters. The number of benzene rings is 1. The van der Waals surface area contributed by atoms with Crippen LogP contribution in [0.25, 0.3) is 0 Å². The number of likely N-dealkylation sites (tertiary alicyclic amines) is 1. The lowest BCUT2D eigenvalue weighted by Gasteiger charge is -2.22. The molecule has 3 N–H and O–H groups in total. The summed E-state index contributed by atoms with van der Waals surface area (Å²) in [7, 11) is 0. The van der Waals surface area contributed by atoms with Crippen LogP contribution in [0.4, 0.5) is 31.1 Å². The summed E-state index contributed by atoms with van der Waals surface area (Å²) in [5.74, 6) is 0.897. The Morgan fingerprint density at radius 3 is 2.20 bits per heavy atom. The number of hydrogen-bond acceptors (Lipinski definition) is 6. The van der Waals surface area contributed by atoms with Crippen LogP contribution < -0.4 is 5.32 Å². The molecule has 214 valence electrons. The fourth-order valence-corrected chi connectivity index (χ4v) is 5.22. The van der Waals surface area contributed by atoms with Gasteiger partial charge in [0, 0.05) is 31.8 Å².